The summed E-state index contributed by atoms with van der Waals surface area (Å²) in [6, 6.07) is 8.93. The first-order chi connectivity index (χ1) is 19.0. The van der Waals surface area contributed by atoms with Gasteiger partial charge in [-0.05, 0) is 56.7 Å². The number of phenols is 1. The van der Waals surface area contributed by atoms with Crippen LogP contribution in [0.4, 0.5) is 4.79 Å². The zero-order valence-corrected chi connectivity index (χ0v) is 23.2. The smallest absolute Gasteiger partial charge is 0.410 e. The van der Waals surface area contributed by atoms with Gasteiger partial charge in [-0.2, -0.15) is 0 Å². The number of ether oxygens (including phenoxy) is 2. The number of benzene rings is 2. The van der Waals surface area contributed by atoms with Crippen molar-refractivity contribution >= 4 is 34.8 Å². The summed E-state index contributed by atoms with van der Waals surface area (Å²) in [5.74, 6) is 0.219. The van der Waals surface area contributed by atoms with Crippen LogP contribution in [-0.4, -0.2) is 69.5 Å². The van der Waals surface area contributed by atoms with E-state index in [1.54, 1.807) is 17.0 Å². The summed E-state index contributed by atoms with van der Waals surface area (Å²) < 4.78 is 11.6. The van der Waals surface area contributed by atoms with Crippen molar-refractivity contribution in [3.8, 4) is 11.5 Å². The Hall–Kier alpha value is -4.31. The zero-order valence-electron chi connectivity index (χ0n) is 23.2. The van der Waals surface area contributed by atoms with Crippen molar-refractivity contribution in [3.63, 3.8) is 0 Å². The van der Waals surface area contributed by atoms with Crippen LogP contribution in [-0.2, 0) is 22.6 Å². The summed E-state index contributed by atoms with van der Waals surface area (Å²) in [6.45, 7) is 9.96. The van der Waals surface area contributed by atoms with Gasteiger partial charge in [0, 0.05) is 68.9 Å². The molecule has 0 atom stereocenters. The van der Waals surface area contributed by atoms with Crippen LogP contribution in [0.5, 0.6) is 11.5 Å². The van der Waals surface area contributed by atoms with E-state index < -0.39 is 5.60 Å². The van der Waals surface area contributed by atoms with E-state index in [0.717, 1.165) is 22.0 Å². The van der Waals surface area contributed by atoms with Crippen molar-refractivity contribution < 1.29 is 29.0 Å². The predicted octanol–water partition coefficient (Wildman–Crippen LogP) is 4.18. The summed E-state index contributed by atoms with van der Waals surface area (Å²) in [6.07, 6.45) is 3.17. The Kier molecular flexibility index (Phi) is 7.29. The van der Waals surface area contributed by atoms with Crippen molar-refractivity contribution in [3.05, 3.63) is 64.5 Å². The number of carbonyl (C=O) groups is 3. The fourth-order valence-electron chi connectivity index (χ4n) is 4.87. The second kappa shape index (κ2) is 10.7. The highest BCUT2D eigenvalue weighted by Gasteiger charge is 2.33. The first-order valence-corrected chi connectivity index (χ1v) is 13.3. The number of rotatable bonds is 5. The molecule has 0 aliphatic carbocycles. The maximum atomic E-state index is 13.3. The average molecular weight is 547 g/mol. The van der Waals surface area contributed by atoms with Crippen molar-refractivity contribution in [2.45, 2.75) is 46.4 Å². The van der Waals surface area contributed by atoms with Crippen molar-refractivity contribution in [1.82, 2.24) is 20.1 Å². The van der Waals surface area contributed by atoms with Crippen LogP contribution in [0.3, 0.4) is 0 Å². The highest BCUT2D eigenvalue weighted by molar-refractivity contribution is 6.15. The molecule has 0 bridgehead atoms. The predicted molar refractivity (Wildman–Crippen MR) is 150 cm³/mol. The number of aromatic nitrogens is 1. The first-order valence-electron chi connectivity index (χ1n) is 13.3. The van der Waals surface area contributed by atoms with Crippen molar-refractivity contribution in [2.24, 2.45) is 0 Å². The highest BCUT2D eigenvalue weighted by Crippen LogP contribution is 2.40. The third kappa shape index (κ3) is 5.81. The van der Waals surface area contributed by atoms with Crippen molar-refractivity contribution in [1.29, 1.82) is 0 Å². The molecule has 2 amide bonds. The largest absolute Gasteiger partial charge is 0.507 e. The van der Waals surface area contributed by atoms with Gasteiger partial charge in [0.2, 0.25) is 11.7 Å². The minimum Gasteiger partial charge on any atom is -0.507 e. The summed E-state index contributed by atoms with van der Waals surface area (Å²) in [5.41, 5.74) is 2.99. The first kappa shape index (κ1) is 27.3. The maximum Gasteiger partial charge on any atom is 0.410 e. The van der Waals surface area contributed by atoms with Gasteiger partial charge in [0.1, 0.15) is 17.1 Å². The number of fused-ring (bicyclic) bond motifs is 2. The fourth-order valence-corrected chi connectivity index (χ4v) is 4.87. The topological polar surface area (TPSA) is 124 Å². The lowest BCUT2D eigenvalue weighted by molar-refractivity contribution is -0.119. The van der Waals surface area contributed by atoms with E-state index in [9.17, 15) is 19.5 Å². The van der Waals surface area contributed by atoms with Crippen LogP contribution in [0.15, 0.2) is 42.3 Å². The van der Waals surface area contributed by atoms with Crippen molar-refractivity contribution in [2.75, 3.05) is 26.2 Å². The summed E-state index contributed by atoms with van der Waals surface area (Å²) >= 11 is 0. The number of H-pyrrole nitrogens is 1. The van der Waals surface area contributed by atoms with Gasteiger partial charge in [0.15, 0.2) is 5.76 Å². The summed E-state index contributed by atoms with van der Waals surface area (Å²) in [4.78, 5) is 44.0. The minimum atomic E-state index is -0.554. The Morgan fingerprint density at radius 3 is 2.60 bits per heavy atom. The van der Waals surface area contributed by atoms with Gasteiger partial charge >= 0.3 is 6.09 Å². The zero-order chi connectivity index (χ0) is 28.6. The highest BCUT2D eigenvalue weighted by atomic mass is 16.6. The molecule has 40 heavy (non-hydrogen) atoms. The second-order valence-corrected chi connectivity index (χ2v) is 11.2. The molecule has 3 heterocycles. The molecular formula is C30H34N4O6. The Morgan fingerprint density at radius 1 is 1.15 bits per heavy atom. The number of ketones is 1. The standard InChI is InChI=1S/C30H34N4O6/c1-18(35)31-15-19-5-7-24-22(13-19)20(16-32-24)14-26-27(37)21-6-8-25(36)23(28(21)39-26)17-33-9-11-34(12-10-33)29(38)40-30(2,3)4/h5-8,13-14,16,32,36H,9-12,15,17H2,1-4H3,(H,31,35)/b26-14-. The summed E-state index contributed by atoms with van der Waals surface area (Å²) in [5, 5.41) is 14.4. The van der Waals surface area contributed by atoms with Gasteiger partial charge < -0.3 is 29.8 Å². The van der Waals surface area contributed by atoms with Gasteiger partial charge in [-0.1, -0.05) is 6.07 Å². The van der Waals surface area contributed by atoms with E-state index in [1.807, 2.05) is 45.2 Å². The molecule has 210 valence electrons. The molecule has 3 N–H and O–H groups in total. The van der Waals surface area contributed by atoms with Crippen LogP contribution in [0.2, 0.25) is 0 Å². The molecule has 10 nitrogen and oxygen atoms in total. The molecule has 2 aliphatic heterocycles. The maximum absolute atomic E-state index is 13.3. The van der Waals surface area contributed by atoms with Crippen LogP contribution in [0.1, 0.15) is 54.7 Å². The second-order valence-electron chi connectivity index (χ2n) is 11.2. The third-order valence-electron chi connectivity index (χ3n) is 6.93. The average Bonchev–Trinajstić information content (AvgIpc) is 3.44. The quantitative estimate of drug-likeness (QED) is 0.410. The SMILES string of the molecule is CC(=O)NCc1ccc2[nH]cc(/C=C3\Oc4c(ccc(O)c4CN4CCN(C(=O)OC(C)(C)C)CC4)C3=O)c2c1. The van der Waals surface area contributed by atoms with E-state index in [2.05, 4.69) is 15.2 Å². The molecule has 0 unspecified atom stereocenters. The number of aromatic hydroxyl groups is 1. The molecule has 0 spiro atoms. The molecule has 0 saturated carbocycles. The minimum absolute atomic E-state index is 0.0529. The molecule has 1 fully saturated rings. The van der Waals surface area contributed by atoms with Gasteiger partial charge in [-0.15, -0.1) is 0 Å². The molecule has 1 aromatic heterocycles. The molecular weight excluding hydrogens is 512 g/mol. The number of Topliss-reactive ketones (excluding diaryl/α,β-unsaturated/α-hetero) is 1. The number of nitrogens with zero attached hydrogens (tertiary/aromatic N) is 2. The van der Waals surface area contributed by atoms with Gasteiger partial charge in [-0.25, -0.2) is 4.79 Å². The van der Waals surface area contributed by atoms with Crippen LogP contribution in [0, 0.1) is 0 Å². The summed E-state index contributed by atoms with van der Waals surface area (Å²) in [7, 11) is 0. The lowest BCUT2D eigenvalue weighted by Gasteiger charge is -2.35. The van der Waals surface area contributed by atoms with E-state index in [-0.39, 0.29) is 29.3 Å². The fraction of sp³-hybridized carbons (Fsp3) is 0.367. The van der Waals surface area contributed by atoms with E-state index >= 15 is 0 Å². The number of piperazine rings is 1. The molecule has 2 aromatic carbocycles. The molecule has 3 aromatic rings. The molecule has 5 rings (SSSR count). The molecule has 2 aliphatic rings. The van der Waals surface area contributed by atoms with Gasteiger partial charge in [0.25, 0.3) is 0 Å². The Bertz CT molecular complexity index is 1510. The lowest BCUT2D eigenvalue weighted by atomic mass is 10.0. The lowest BCUT2D eigenvalue weighted by Crippen LogP contribution is -2.49. The van der Waals surface area contributed by atoms with Crippen LogP contribution >= 0.6 is 0 Å². The Balaban J connectivity index is 1.33. The van der Waals surface area contributed by atoms with E-state index in [1.165, 1.54) is 13.0 Å². The monoisotopic (exact) mass is 546 g/mol. The van der Waals surface area contributed by atoms with E-state index in [4.69, 9.17) is 9.47 Å². The number of hydrogen-bond donors (Lipinski definition) is 3. The number of hydrogen-bond acceptors (Lipinski definition) is 7. The third-order valence-corrected chi connectivity index (χ3v) is 6.93. The Morgan fingerprint density at radius 2 is 1.90 bits per heavy atom. The number of allylic oxidation sites excluding steroid dienone is 1. The van der Waals surface area contributed by atoms with Crippen LogP contribution < -0.4 is 10.1 Å². The number of aromatic amines is 1. The van der Waals surface area contributed by atoms with E-state index in [0.29, 0.717) is 56.1 Å². The molecule has 0 radical (unpaired) electrons. The molecule has 10 heteroatoms. The number of amides is 2. The van der Waals surface area contributed by atoms with Gasteiger partial charge in [-0.3, -0.25) is 14.5 Å². The van der Waals surface area contributed by atoms with Gasteiger partial charge in [0.05, 0.1) is 11.1 Å². The number of carbonyl (C=O) groups excluding carboxylic acids is 3. The van der Waals surface area contributed by atoms with Crippen LogP contribution in [0.25, 0.3) is 17.0 Å². The Labute approximate surface area is 232 Å². The number of nitrogens with one attached hydrogen (secondary N) is 2. The number of phenolic OH excluding ortho intramolecular Hbond substituents is 1. The molecule has 1 saturated heterocycles. The normalized spacial score (nSPS) is 16.8.